The standard InChI is InChI=1S/C21H13N3O6/c25-21(26)15-5-11-18(12-6-15)29-17-9-3-13(4-10-17)19-22-20(30-23-19)14-1-7-16(8-2-14)24(27)28/h1-12H,(H,25,26)/p-1. The SMILES string of the molecule is O=C([O-])c1ccc(Oc2ccc(-c3noc(-c4ccc([N+](=O)[O-])cc4)n3)cc2)cc1. The van der Waals surface area contributed by atoms with Crippen LogP contribution < -0.4 is 9.84 Å². The van der Waals surface area contributed by atoms with Crippen molar-refractivity contribution >= 4 is 11.7 Å². The van der Waals surface area contributed by atoms with E-state index >= 15 is 0 Å². The molecule has 0 N–H and O–H groups in total. The van der Waals surface area contributed by atoms with Crippen LogP contribution >= 0.6 is 0 Å². The van der Waals surface area contributed by atoms with Gasteiger partial charge in [-0.3, -0.25) is 10.1 Å². The first-order valence-electron chi connectivity index (χ1n) is 8.68. The van der Waals surface area contributed by atoms with Gasteiger partial charge in [-0.1, -0.05) is 5.16 Å². The highest BCUT2D eigenvalue weighted by Crippen LogP contribution is 2.27. The number of aromatic carboxylic acids is 1. The third kappa shape index (κ3) is 3.99. The van der Waals surface area contributed by atoms with Crippen molar-refractivity contribution in [3.63, 3.8) is 0 Å². The number of ether oxygens (including phenoxy) is 1. The molecule has 0 fully saturated rings. The van der Waals surface area contributed by atoms with Crippen molar-refractivity contribution in [2.75, 3.05) is 0 Å². The molecule has 4 aromatic rings. The zero-order valence-corrected chi connectivity index (χ0v) is 15.2. The summed E-state index contributed by atoms with van der Waals surface area (Å²) in [7, 11) is 0. The van der Waals surface area contributed by atoms with Gasteiger partial charge in [0, 0.05) is 23.3 Å². The van der Waals surface area contributed by atoms with E-state index < -0.39 is 10.9 Å². The zero-order chi connectivity index (χ0) is 21.1. The molecule has 0 radical (unpaired) electrons. The zero-order valence-electron chi connectivity index (χ0n) is 15.2. The first-order valence-corrected chi connectivity index (χ1v) is 8.68. The highest BCUT2D eigenvalue weighted by molar-refractivity contribution is 5.85. The summed E-state index contributed by atoms with van der Waals surface area (Å²) >= 11 is 0. The Balaban J connectivity index is 1.48. The van der Waals surface area contributed by atoms with Crippen LogP contribution in [0.4, 0.5) is 5.69 Å². The molecule has 0 amide bonds. The normalized spacial score (nSPS) is 10.5. The summed E-state index contributed by atoms with van der Waals surface area (Å²) in [6, 6.07) is 18.6. The third-order valence-corrected chi connectivity index (χ3v) is 4.19. The van der Waals surface area contributed by atoms with Crippen LogP contribution in [-0.2, 0) is 0 Å². The molecule has 4 rings (SSSR count). The van der Waals surface area contributed by atoms with Gasteiger partial charge in [-0.2, -0.15) is 4.98 Å². The molecular formula is C21H12N3O6-. The summed E-state index contributed by atoms with van der Waals surface area (Å²) in [6.45, 7) is 0. The summed E-state index contributed by atoms with van der Waals surface area (Å²) in [4.78, 5) is 25.4. The number of nitrogens with zero attached hydrogens (tertiary/aromatic N) is 3. The van der Waals surface area contributed by atoms with Gasteiger partial charge in [0.2, 0.25) is 5.82 Å². The molecule has 0 aliphatic rings. The minimum atomic E-state index is -1.25. The van der Waals surface area contributed by atoms with E-state index in [9.17, 15) is 20.0 Å². The third-order valence-electron chi connectivity index (χ3n) is 4.19. The first-order chi connectivity index (χ1) is 14.5. The van der Waals surface area contributed by atoms with Crippen LogP contribution in [-0.4, -0.2) is 21.0 Å². The maximum Gasteiger partial charge on any atom is 0.269 e. The van der Waals surface area contributed by atoms with E-state index in [2.05, 4.69) is 10.1 Å². The molecule has 148 valence electrons. The number of hydrogen-bond donors (Lipinski definition) is 0. The Hall–Kier alpha value is -4.53. The second-order valence-electron chi connectivity index (χ2n) is 6.17. The topological polar surface area (TPSA) is 131 Å². The van der Waals surface area contributed by atoms with Gasteiger partial charge < -0.3 is 19.2 Å². The van der Waals surface area contributed by atoms with Crippen molar-refractivity contribution in [3.05, 3.63) is 88.5 Å². The van der Waals surface area contributed by atoms with Gasteiger partial charge in [-0.05, 0) is 66.2 Å². The number of carbonyl (C=O) groups excluding carboxylic acids is 1. The number of nitro benzene ring substituents is 1. The fourth-order valence-corrected chi connectivity index (χ4v) is 2.65. The summed E-state index contributed by atoms with van der Waals surface area (Å²) in [6.07, 6.45) is 0. The van der Waals surface area contributed by atoms with Gasteiger partial charge in [0.05, 0.1) is 10.9 Å². The first kappa shape index (κ1) is 18.8. The average Bonchev–Trinajstić information content (AvgIpc) is 3.25. The Morgan fingerprint density at radius 3 is 2.00 bits per heavy atom. The molecule has 9 nitrogen and oxygen atoms in total. The molecule has 0 bridgehead atoms. The summed E-state index contributed by atoms with van der Waals surface area (Å²) in [5.74, 6) is 0.368. The lowest BCUT2D eigenvalue weighted by Crippen LogP contribution is -2.21. The number of benzene rings is 3. The fraction of sp³-hybridized carbons (Fsp3) is 0. The molecule has 30 heavy (non-hydrogen) atoms. The monoisotopic (exact) mass is 402 g/mol. The molecule has 0 aliphatic heterocycles. The molecule has 3 aromatic carbocycles. The van der Waals surface area contributed by atoms with Crippen molar-refractivity contribution < 1.29 is 24.1 Å². The lowest BCUT2D eigenvalue weighted by atomic mass is 10.2. The predicted octanol–water partition coefficient (Wildman–Crippen LogP) is 3.47. The Bertz CT molecular complexity index is 1200. The van der Waals surface area contributed by atoms with Crippen molar-refractivity contribution in [1.82, 2.24) is 10.1 Å². The Labute approximate surface area is 169 Å². The maximum atomic E-state index is 10.8. The highest BCUT2D eigenvalue weighted by atomic mass is 16.6. The molecule has 0 saturated heterocycles. The Morgan fingerprint density at radius 2 is 1.43 bits per heavy atom. The number of carboxylic acids is 1. The van der Waals surface area contributed by atoms with Crippen molar-refractivity contribution in [2.45, 2.75) is 0 Å². The lowest BCUT2D eigenvalue weighted by Gasteiger charge is -2.07. The maximum absolute atomic E-state index is 10.8. The predicted molar refractivity (Wildman–Crippen MR) is 103 cm³/mol. The van der Waals surface area contributed by atoms with E-state index in [1.54, 1.807) is 24.3 Å². The second kappa shape index (κ2) is 7.84. The van der Waals surface area contributed by atoms with E-state index in [0.717, 1.165) is 0 Å². The number of hydrogen-bond acceptors (Lipinski definition) is 8. The lowest BCUT2D eigenvalue weighted by molar-refractivity contribution is -0.384. The van der Waals surface area contributed by atoms with Gasteiger partial charge in [0.25, 0.3) is 11.6 Å². The van der Waals surface area contributed by atoms with Crippen molar-refractivity contribution in [3.8, 4) is 34.3 Å². The second-order valence-corrected chi connectivity index (χ2v) is 6.17. The quantitative estimate of drug-likeness (QED) is 0.354. The molecule has 1 heterocycles. The summed E-state index contributed by atoms with van der Waals surface area (Å²) in [5, 5.41) is 25.5. The van der Waals surface area contributed by atoms with Crippen LogP contribution in [0.25, 0.3) is 22.8 Å². The van der Waals surface area contributed by atoms with Crippen LogP contribution in [0, 0.1) is 10.1 Å². The number of rotatable bonds is 6. The van der Waals surface area contributed by atoms with Crippen LogP contribution in [0.3, 0.4) is 0 Å². The molecule has 0 spiro atoms. The average molecular weight is 402 g/mol. The van der Waals surface area contributed by atoms with Gasteiger partial charge in [0.1, 0.15) is 11.5 Å². The number of carboxylic acid groups (broad SMARTS) is 1. The largest absolute Gasteiger partial charge is 0.545 e. The highest BCUT2D eigenvalue weighted by Gasteiger charge is 2.12. The van der Waals surface area contributed by atoms with Crippen LogP contribution in [0.5, 0.6) is 11.5 Å². The van der Waals surface area contributed by atoms with E-state index in [0.29, 0.717) is 28.5 Å². The van der Waals surface area contributed by atoms with Gasteiger partial charge >= 0.3 is 0 Å². The van der Waals surface area contributed by atoms with Gasteiger partial charge in [-0.25, -0.2) is 0 Å². The van der Waals surface area contributed by atoms with Crippen molar-refractivity contribution in [2.24, 2.45) is 0 Å². The van der Waals surface area contributed by atoms with Gasteiger partial charge in [0.15, 0.2) is 0 Å². The molecule has 0 unspecified atom stereocenters. The van der Waals surface area contributed by atoms with E-state index in [-0.39, 0.29) is 17.1 Å². The molecular weight excluding hydrogens is 390 g/mol. The summed E-state index contributed by atoms with van der Waals surface area (Å²) < 4.78 is 10.9. The minimum absolute atomic E-state index is 0.0247. The Kier molecular flexibility index (Phi) is 4.92. The van der Waals surface area contributed by atoms with E-state index in [1.807, 2.05) is 0 Å². The Morgan fingerprint density at radius 1 is 0.867 bits per heavy atom. The smallest absolute Gasteiger partial charge is 0.269 e. The molecule has 9 heteroatoms. The van der Waals surface area contributed by atoms with E-state index in [4.69, 9.17) is 9.26 Å². The van der Waals surface area contributed by atoms with Crippen LogP contribution in [0.2, 0.25) is 0 Å². The van der Waals surface area contributed by atoms with Crippen LogP contribution in [0.1, 0.15) is 10.4 Å². The number of aromatic nitrogens is 2. The van der Waals surface area contributed by atoms with E-state index in [1.165, 1.54) is 48.5 Å². The molecule has 0 saturated carbocycles. The summed E-state index contributed by atoms with van der Waals surface area (Å²) in [5.41, 5.74) is 1.30. The molecule has 1 aromatic heterocycles. The van der Waals surface area contributed by atoms with Gasteiger partial charge in [-0.15, -0.1) is 0 Å². The minimum Gasteiger partial charge on any atom is -0.545 e. The van der Waals surface area contributed by atoms with Crippen LogP contribution in [0.15, 0.2) is 77.3 Å². The molecule has 0 aliphatic carbocycles. The fourth-order valence-electron chi connectivity index (χ4n) is 2.65. The van der Waals surface area contributed by atoms with Crippen molar-refractivity contribution in [1.29, 1.82) is 0 Å². The number of non-ortho nitro benzene ring substituents is 1. The number of nitro groups is 1. The number of carbonyl (C=O) groups is 1. The molecule has 0 atom stereocenters.